The van der Waals surface area contributed by atoms with E-state index < -0.39 is 5.97 Å². The summed E-state index contributed by atoms with van der Waals surface area (Å²) in [4.78, 5) is 10.6. The van der Waals surface area contributed by atoms with Crippen LogP contribution in [-0.4, -0.2) is 23.4 Å². The first-order valence-corrected chi connectivity index (χ1v) is 5.09. The van der Waals surface area contributed by atoms with Gasteiger partial charge in [0, 0.05) is 6.04 Å². The maximum absolute atomic E-state index is 10.6. The van der Waals surface area contributed by atoms with Crippen molar-refractivity contribution in [3.05, 3.63) is 10.6 Å². The number of carbonyl (C=O) groups is 1. The Morgan fingerprint density at radius 2 is 2.31 bits per heavy atom. The Labute approximate surface area is 80.6 Å². The van der Waals surface area contributed by atoms with Crippen LogP contribution < -0.4 is 5.32 Å². The minimum Gasteiger partial charge on any atom is -0.477 e. The van der Waals surface area contributed by atoms with Crippen molar-refractivity contribution >= 4 is 17.7 Å². The summed E-state index contributed by atoms with van der Waals surface area (Å²) in [6, 6.07) is 2.05. The third kappa shape index (κ3) is 2.67. The highest BCUT2D eigenvalue weighted by Gasteiger charge is 2.24. The Kier molecular flexibility index (Phi) is 3.20. The van der Waals surface area contributed by atoms with Crippen molar-refractivity contribution in [2.24, 2.45) is 0 Å². The van der Waals surface area contributed by atoms with Gasteiger partial charge < -0.3 is 10.4 Å². The number of nitrogens with one attached hydrogen (secondary N) is 1. The fourth-order valence-corrected chi connectivity index (χ4v) is 1.46. The minimum atomic E-state index is -1.17. The van der Waals surface area contributed by atoms with Crippen molar-refractivity contribution < 1.29 is 9.90 Å². The quantitative estimate of drug-likeness (QED) is 0.519. The lowest BCUT2D eigenvalue weighted by atomic mass is 10.3. The number of hydrogen-bond donors (Lipinski definition) is 2. The van der Waals surface area contributed by atoms with Gasteiger partial charge in [-0.05, 0) is 19.1 Å². The van der Waals surface area contributed by atoms with Gasteiger partial charge in [0.25, 0.3) is 0 Å². The van der Waals surface area contributed by atoms with Crippen LogP contribution in [0.15, 0.2) is 10.6 Å². The van der Waals surface area contributed by atoms with Crippen LogP contribution in [0.3, 0.4) is 0 Å². The second-order valence-electron chi connectivity index (χ2n) is 2.74. The molecule has 13 heavy (non-hydrogen) atoms. The molecule has 0 amide bonds. The summed E-state index contributed by atoms with van der Waals surface area (Å²) in [5.74, 6) is -1.17. The molecule has 0 radical (unpaired) electrons. The zero-order chi connectivity index (χ0) is 9.84. The smallest absolute Gasteiger partial charge is 0.349 e. The van der Waals surface area contributed by atoms with E-state index in [-0.39, 0.29) is 5.57 Å². The van der Waals surface area contributed by atoms with Crippen LogP contribution in [0.4, 0.5) is 0 Å². The van der Waals surface area contributed by atoms with Crippen LogP contribution in [0.1, 0.15) is 12.8 Å². The van der Waals surface area contributed by atoms with Crippen molar-refractivity contribution in [2.75, 3.05) is 6.26 Å². The van der Waals surface area contributed by atoms with E-state index in [1.165, 1.54) is 11.8 Å². The van der Waals surface area contributed by atoms with Gasteiger partial charge in [0.15, 0.2) is 5.57 Å². The Hall–Kier alpha value is -1.15. The fourth-order valence-electron chi connectivity index (χ4n) is 0.842. The van der Waals surface area contributed by atoms with Gasteiger partial charge in [0.1, 0.15) is 6.07 Å². The highest BCUT2D eigenvalue weighted by Crippen LogP contribution is 2.24. The monoisotopic (exact) mass is 198 g/mol. The molecule has 1 rings (SSSR count). The molecule has 4 nitrogen and oxygen atoms in total. The van der Waals surface area contributed by atoms with Gasteiger partial charge in [0.2, 0.25) is 0 Å². The van der Waals surface area contributed by atoms with E-state index in [1.807, 2.05) is 0 Å². The Morgan fingerprint density at radius 1 is 1.69 bits per heavy atom. The van der Waals surface area contributed by atoms with E-state index >= 15 is 0 Å². The second kappa shape index (κ2) is 4.19. The first-order chi connectivity index (χ1) is 6.19. The molecule has 0 atom stereocenters. The number of carboxylic acids is 1. The highest BCUT2D eigenvalue weighted by molar-refractivity contribution is 8.02. The number of aliphatic carboxylic acids is 1. The highest BCUT2D eigenvalue weighted by atomic mass is 32.2. The van der Waals surface area contributed by atoms with E-state index in [2.05, 4.69) is 5.32 Å². The van der Waals surface area contributed by atoms with Gasteiger partial charge in [-0.2, -0.15) is 5.26 Å². The number of hydrogen-bond acceptors (Lipinski definition) is 4. The first kappa shape index (κ1) is 9.93. The summed E-state index contributed by atoms with van der Waals surface area (Å²) in [5, 5.41) is 20.7. The topological polar surface area (TPSA) is 73.1 Å². The van der Waals surface area contributed by atoms with Crippen molar-refractivity contribution in [2.45, 2.75) is 18.9 Å². The molecule has 0 bridgehead atoms. The van der Waals surface area contributed by atoms with Gasteiger partial charge in [-0.25, -0.2) is 4.79 Å². The number of nitrogens with zero attached hydrogens (tertiary/aromatic N) is 1. The molecule has 0 spiro atoms. The summed E-state index contributed by atoms with van der Waals surface area (Å²) >= 11 is 1.26. The maximum Gasteiger partial charge on any atom is 0.349 e. The molecular formula is C8H10N2O2S. The summed E-state index contributed by atoms with van der Waals surface area (Å²) in [7, 11) is 0. The van der Waals surface area contributed by atoms with Crippen molar-refractivity contribution in [3.8, 4) is 6.07 Å². The largest absolute Gasteiger partial charge is 0.477 e. The zero-order valence-electron chi connectivity index (χ0n) is 7.20. The molecule has 1 fully saturated rings. The van der Waals surface area contributed by atoms with Crippen LogP contribution >= 0.6 is 11.8 Å². The van der Waals surface area contributed by atoms with Gasteiger partial charge in [-0.1, -0.05) is 0 Å². The van der Waals surface area contributed by atoms with Gasteiger partial charge in [0.05, 0.1) is 5.03 Å². The van der Waals surface area contributed by atoms with Crippen LogP contribution in [0, 0.1) is 11.3 Å². The van der Waals surface area contributed by atoms with Crippen molar-refractivity contribution in [3.63, 3.8) is 0 Å². The molecule has 1 saturated carbocycles. The van der Waals surface area contributed by atoms with E-state index in [0.29, 0.717) is 11.1 Å². The van der Waals surface area contributed by atoms with Crippen molar-refractivity contribution in [1.29, 1.82) is 5.26 Å². The van der Waals surface area contributed by atoms with E-state index in [9.17, 15) is 4.79 Å². The molecule has 0 aromatic heterocycles. The molecule has 1 aliphatic rings. The minimum absolute atomic E-state index is 0.195. The fraction of sp³-hybridized carbons (Fsp3) is 0.500. The molecule has 0 aliphatic heterocycles. The Bertz CT molecular complexity index is 289. The maximum atomic E-state index is 10.6. The van der Waals surface area contributed by atoms with E-state index in [1.54, 1.807) is 12.3 Å². The predicted molar refractivity (Wildman–Crippen MR) is 49.9 cm³/mol. The predicted octanol–water partition coefficient (Wildman–Crippen LogP) is 0.921. The SMILES string of the molecule is CS/C(NC1CC1)=C(\C#N)C(=O)O. The average molecular weight is 198 g/mol. The lowest BCUT2D eigenvalue weighted by molar-refractivity contribution is -0.132. The average Bonchev–Trinajstić information content (AvgIpc) is 2.87. The summed E-state index contributed by atoms with van der Waals surface area (Å²) < 4.78 is 0. The molecule has 2 N–H and O–H groups in total. The number of thioether (sulfide) groups is 1. The molecule has 0 heterocycles. The molecular weight excluding hydrogens is 188 g/mol. The third-order valence-electron chi connectivity index (χ3n) is 1.67. The zero-order valence-corrected chi connectivity index (χ0v) is 8.02. The Morgan fingerprint density at radius 3 is 2.62 bits per heavy atom. The molecule has 0 aromatic rings. The third-order valence-corrected chi connectivity index (χ3v) is 2.40. The van der Waals surface area contributed by atoms with Crippen LogP contribution in [-0.2, 0) is 4.79 Å². The molecule has 5 heteroatoms. The molecule has 0 unspecified atom stereocenters. The van der Waals surface area contributed by atoms with Crippen LogP contribution in [0.2, 0.25) is 0 Å². The second-order valence-corrected chi connectivity index (χ2v) is 3.56. The van der Waals surface area contributed by atoms with Gasteiger partial charge in [-0.15, -0.1) is 11.8 Å². The molecule has 0 saturated heterocycles. The summed E-state index contributed by atoms with van der Waals surface area (Å²) in [6.07, 6.45) is 3.87. The van der Waals surface area contributed by atoms with Gasteiger partial charge >= 0.3 is 5.97 Å². The number of carboxylic acid groups (broad SMARTS) is 1. The van der Waals surface area contributed by atoms with Crippen LogP contribution in [0.25, 0.3) is 0 Å². The first-order valence-electron chi connectivity index (χ1n) is 3.87. The van der Waals surface area contributed by atoms with E-state index in [0.717, 1.165) is 12.8 Å². The van der Waals surface area contributed by atoms with Crippen molar-refractivity contribution in [1.82, 2.24) is 5.32 Å². The number of rotatable bonds is 4. The molecule has 70 valence electrons. The lowest BCUT2D eigenvalue weighted by Gasteiger charge is -2.06. The molecule has 1 aliphatic carbocycles. The van der Waals surface area contributed by atoms with Crippen LogP contribution in [0.5, 0.6) is 0 Å². The molecule has 0 aromatic carbocycles. The lowest BCUT2D eigenvalue weighted by Crippen LogP contribution is -2.17. The Balaban J connectivity index is 2.78. The number of nitriles is 1. The summed E-state index contributed by atoms with van der Waals surface area (Å²) in [6.45, 7) is 0. The normalized spacial score (nSPS) is 17.2. The summed E-state index contributed by atoms with van der Waals surface area (Å²) in [5.41, 5.74) is -0.195. The van der Waals surface area contributed by atoms with E-state index in [4.69, 9.17) is 10.4 Å². The standard InChI is InChI=1S/C8H10N2O2S/c1-13-7(10-5-2-3-5)6(4-9)8(11)12/h5,10H,2-3H2,1H3,(H,11,12)/b7-6+. The van der Waals surface area contributed by atoms with Gasteiger partial charge in [-0.3, -0.25) is 0 Å².